The van der Waals surface area contributed by atoms with Crippen molar-refractivity contribution in [3.63, 3.8) is 0 Å². The van der Waals surface area contributed by atoms with Crippen molar-refractivity contribution < 1.29 is 22.7 Å². The van der Waals surface area contributed by atoms with Gasteiger partial charge in [0, 0.05) is 5.56 Å². The maximum atomic E-state index is 12.5. The van der Waals surface area contributed by atoms with Crippen LogP contribution in [-0.4, -0.2) is 40.4 Å². The lowest BCUT2D eigenvalue weighted by molar-refractivity contribution is -0.119. The molecule has 33 heavy (non-hydrogen) atoms. The standard InChI is InChI=1S/C24H25N3O5S/c1-31-23-15-9-7-13-21(23)27(33(2,29)30)17-24(28)26-25-16-20-12-6-8-14-22(20)32-18-19-10-4-3-5-11-19/h3-16H,17-18H2,1-2H3,(H,26,28)/b25-16-. The van der Waals surface area contributed by atoms with Gasteiger partial charge in [-0.05, 0) is 29.8 Å². The number of nitrogens with one attached hydrogen (secondary N) is 1. The topological polar surface area (TPSA) is 97.3 Å². The van der Waals surface area contributed by atoms with E-state index in [-0.39, 0.29) is 5.69 Å². The third-order valence-corrected chi connectivity index (χ3v) is 5.72. The van der Waals surface area contributed by atoms with Gasteiger partial charge in [-0.1, -0.05) is 54.6 Å². The van der Waals surface area contributed by atoms with Gasteiger partial charge in [-0.2, -0.15) is 5.10 Å². The number of hydrogen-bond acceptors (Lipinski definition) is 6. The number of ether oxygens (including phenoxy) is 2. The van der Waals surface area contributed by atoms with E-state index in [1.165, 1.54) is 13.3 Å². The Morgan fingerprint density at radius 1 is 0.970 bits per heavy atom. The van der Waals surface area contributed by atoms with Gasteiger partial charge in [0.05, 0.1) is 25.3 Å². The smallest absolute Gasteiger partial charge is 0.260 e. The Balaban J connectivity index is 1.67. The van der Waals surface area contributed by atoms with E-state index < -0.39 is 22.5 Å². The van der Waals surface area contributed by atoms with Crippen molar-refractivity contribution in [3.8, 4) is 11.5 Å². The molecule has 9 heteroatoms. The van der Waals surface area contributed by atoms with Crippen molar-refractivity contribution in [1.29, 1.82) is 0 Å². The van der Waals surface area contributed by atoms with Crippen LogP contribution in [0.1, 0.15) is 11.1 Å². The van der Waals surface area contributed by atoms with Gasteiger partial charge in [-0.15, -0.1) is 0 Å². The molecule has 3 aromatic carbocycles. The fraction of sp³-hybridized carbons (Fsp3) is 0.167. The van der Waals surface area contributed by atoms with E-state index in [1.54, 1.807) is 36.4 Å². The van der Waals surface area contributed by atoms with Gasteiger partial charge in [0.1, 0.15) is 24.7 Å². The Kier molecular flexibility index (Phi) is 8.04. The molecule has 0 saturated heterocycles. The molecule has 3 aromatic rings. The first-order chi connectivity index (χ1) is 15.9. The zero-order valence-electron chi connectivity index (χ0n) is 18.3. The molecule has 0 saturated carbocycles. The Hall–Kier alpha value is -3.85. The summed E-state index contributed by atoms with van der Waals surface area (Å²) in [6.07, 6.45) is 2.47. The Bertz CT molecular complexity index is 1210. The maximum absolute atomic E-state index is 12.5. The van der Waals surface area contributed by atoms with Gasteiger partial charge in [-0.3, -0.25) is 9.10 Å². The zero-order valence-corrected chi connectivity index (χ0v) is 19.2. The third kappa shape index (κ3) is 6.81. The number of nitrogens with zero attached hydrogens (tertiary/aromatic N) is 2. The molecular weight excluding hydrogens is 442 g/mol. The Morgan fingerprint density at radius 3 is 2.30 bits per heavy atom. The van der Waals surface area contributed by atoms with Crippen molar-refractivity contribution in [1.82, 2.24) is 5.43 Å². The number of carbonyl (C=O) groups is 1. The normalized spacial score (nSPS) is 11.2. The van der Waals surface area contributed by atoms with Gasteiger partial charge in [0.2, 0.25) is 10.0 Å². The Morgan fingerprint density at radius 2 is 1.61 bits per heavy atom. The zero-order chi connectivity index (χ0) is 23.7. The fourth-order valence-corrected chi connectivity index (χ4v) is 3.87. The first-order valence-electron chi connectivity index (χ1n) is 10.1. The molecule has 0 heterocycles. The number of hydrazone groups is 1. The van der Waals surface area contributed by atoms with Crippen LogP contribution >= 0.6 is 0 Å². The second kappa shape index (κ2) is 11.1. The first-order valence-corrected chi connectivity index (χ1v) is 11.9. The first kappa shape index (κ1) is 23.8. The molecule has 0 spiro atoms. The molecule has 0 fully saturated rings. The number of anilines is 1. The predicted molar refractivity (Wildman–Crippen MR) is 128 cm³/mol. The van der Waals surface area contributed by atoms with Crippen molar-refractivity contribution >= 4 is 27.8 Å². The van der Waals surface area contributed by atoms with E-state index in [4.69, 9.17) is 9.47 Å². The van der Waals surface area contributed by atoms with Gasteiger partial charge in [0.15, 0.2) is 0 Å². The molecule has 0 bridgehead atoms. The second-order valence-corrected chi connectivity index (χ2v) is 8.95. The number of sulfonamides is 1. The van der Waals surface area contributed by atoms with E-state index in [1.807, 2.05) is 42.5 Å². The number of amides is 1. The van der Waals surface area contributed by atoms with Gasteiger partial charge in [-0.25, -0.2) is 13.8 Å². The van der Waals surface area contributed by atoms with Crippen molar-refractivity contribution in [2.45, 2.75) is 6.61 Å². The Labute approximate surface area is 193 Å². The quantitative estimate of drug-likeness (QED) is 0.365. The highest BCUT2D eigenvalue weighted by molar-refractivity contribution is 7.92. The SMILES string of the molecule is COc1ccccc1N(CC(=O)N/N=C\c1ccccc1OCc1ccccc1)S(C)(=O)=O. The number of carbonyl (C=O) groups excluding carboxylic acids is 1. The van der Waals surface area contributed by atoms with Crippen LogP contribution < -0.4 is 19.2 Å². The molecule has 0 aliphatic rings. The molecule has 0 aliphatic carbocycles. The summed E-state index contributed by atoms with van der Waals surface area (Å²) in [6, 6.07) is 23.6. The maximum Gasteiger partial charge on any atom is 0.260 e. The summed E-state index contributed by atoms with van der Waals surface area (Å²) in [5, 5.41) is 3.97. The summed E-state index contributed by atoms with van der Waals surface area (Å²) in [4.78, 5) is 12.5. The van der Waals surface area contributed by atoms with Gasteiger partial charge in [0.25, 0.3) is 5.91 Å². The van der Waals surface area contributed by atoms with Crippen LogP contribution in [0.4, 0.5) is 5.69 Å². The predicted octanol–water partition coefficient (Wildman–Crippen LogP) is 3.19. The van der Waals surface area contributed by atoms with Crippen LogP contribution in [0.15, 0.2) is 84.0 Å². The van der Waals surface area contributed by atoms with Gasteiger partial charge < -0.3 is 9.47 Å². The van der Waals surface area contributed by atoms with E-state index >= 15 is 0 Å². The summed E-state index contributed by atoms with van der Waals surface area (Å²) in [5.74, 6) is 0.333. The molecule has 1 N–H and O–H groups in total. The minimum Gasteiger partial charge on any atom is -0.495 e. The van der Waals surface area contributed by atoms with Crippen molar-refractivity contribution in [3.05, 3.63) is 90.0 Å². The highest BCUT2D eigenvalue weighted by Gasteiger charge is 2.23. The van der Waals surface area contributed by atoms with Crippen LogP contribution in [0, 0.1) is 0 Å². The fourth-order valence-electron chi connectivity index (χ4n) is 3.01. The van der Waals surface area contributed by atoms with Gasteiger partial charge >= 0.3 is 0 Å². The molecule has 0 unspecified atom stereocenters. The van der Waals surface area contributed by atoms with Crippen LogP contribution in [0.5, 0.6) is 11.5 Å². The van der Waals surface area contributed by atoms with Crippen molar-refractivity contribution in [2.75, 3.05) is 24.2 Å². The molecule has 8 nitrogen and oxygen atoms in total. The largest absolute Gasteiger partial charge is 0.495 e. The summed E-state index contributed by atoms with van der Waals surface area (Å²) < 4.78 is 36.7. The number of rotatable bonds is 10. The highest BCUT2D eigenvalue weighted by Crippen LogP contribution is 2.29. The molecule has 0 aromatic heterocycles. The van der Waals surface area contributed by atoms with Crippen LogP contribution in [0.25, 0.3) is 0 Å². The molecule has 1 amide bonds. The summed E-state index contributed by atoms with van der Waals surface area (Å²) in [7, 11) is -2.31. The summed E-state index contributed by atoms with van der Waals surface area (Å²) in [6.45, 7) is -0.0665. The number of methoxy groups -OCH3 is 1. The van der Waals surface area contributed by atoms with Crippen LogP contribution in [-0.2, 0) is 21.4 Å². The average Bonchev–Trinajstić information content (AvgIpc) is 2.82. The minimum atomic E-state index is -3.74. The number of benzene rings is 3. The second-order valence-electron chi connectivity index (χ2n) is 7.05. The molecule has 0 radical (unpaired) electrons. The van der Waals surface area contributed by atoms with Crippen LogP contribution in [0.2, 0.25) is 0 Å². The number of hydrogen-bond donors (Lipinski definition) is 1. The molecule has 172 valence electrons. The van der Waals surface area contributed by atoms with E-state index in [9.17, 15) is 13.2 Å². The van der Waals surface area contributed by atoms with E-state index in [2.05, 4.69) is 10.5 Å². The third-order valence-electron chi connectivity index (χ3n) is 4.59. The molecule has 0 aliphatic heterocycles. The van der Waals surface area contributed by atoms with Crippen LogP contribution in [0.3, 0.4) is 0 Å². The highest BCUT2D eigenvalue weighted by atomic mass is 32.2. The number of para-hydroxylation sites is 3. The summed E-state index contributed by atoms with van der Waals surface area (Å²) in [5.41, 5.74) is 4.32. The van der Waals surface area contributed by atoms with Crippen molar-refractivity contribution in [2.24, 2.45) is 5.10 Å². The lowest BCUT2D eigenvalue weighted by Gasteiger charge is -2.23. The van der Waals surface area contributed by atoms with E-state index in [0.29, 0.717) is 23.7 Å². The monoisotopic (exact) mass is 467 g/mol. The lowest BCUT2D eigenvalue weighted by atomic mass is 10.2. The molecular formula is C24H25N3O5S. The lowest BCUT2D eigenvalue weighted by Crippen LogP contribution is -2.39. The molecule has 0 atom stereocenters. The molecule has 3 rings (SSSR count). The average molecular weight is 468 g/mol. The van der Waals surface area contributed by atoms with E-state index in [0.717, 1.165) is 16.1 Å². The summed E-state index contributed by atoms with van der Waals surface area (Å²) >= 11 is 0. The minimum absolute atomic E-state index is 0.265.